The zero-order valence-electron chi connectivity index (χ0n) is 43.1. The number of hydrogen-bond acceptors (Lipinski definition) is 3. The number of carbonyl (C=O) groups excluding carboxylic acids is 1. The van der Waals surface area contributed by atoms with Gasteiger partial charge in [-0.1, -0.05) is 293 Å². The van der Waals surface area contributed by atoms with Crippen molar-refractivity contribution in [3.05, 3.63) is 60.8 Å². The van der Waals surface area contributed by atoms with Crippen molar-refractivity contribution in [3.63, 3.8) is 0 Å². The van der Waals surface area contributed by atoms with E-state index in [4.69, 9.17) is 0 Å². The lowest BCUT2D eigenvalue weighted by molar-refractivity contribution is -0.123. The van der Waals surface area contributed by atoms with Crippen molar-refractivity contribution in [2.24, 2.45) is 0 Å². The van der Waals surface area contributed by atoms with Crippen LogP contribution in [-0.4, -0.2) is 34.9 Å². The van der Waals surface area contributed by atoms with Crippen LogP contribution in [0.4, 0.5) is 0 Å². The molecule has 0 bridgehead atoms. The van der Waals surface area contributed by atoms with Gasteiger partial charge in [0.15, 0.2) is 0 Å². The molecule has 64 heavy (non-hydrogen) atoms. The summed E-state index contributed by atoms with van der Waals surface area (Å²) in [5, 5.41) is 23.3. The maximum atomic E-state index is 12.5. The summed E-state index contributed by atoms with van der Waals surface area (Å²) in [6.45, 7) is 4.27. The summed E-state index contributed by atoms with van der Waals surface area (Å²) in [4.78, 5) is 12.5. The van der Waals surface area contributed by atoms with Crippen LogP contribution in [-0.2, 0) is 4.79 Å². The van der Waals surface area contributed by atoms with Gasteiger partial charge in [-0.3, -0.25) is 4.79 Å². The van der Waals surface area contributed by atoms with Crippen molar-refractivity contribution >= 4 is 5.91 Å². The average Bonchev–Trinajstić information content (AvgIpc) is 3.30. The summed E-state index contributed by atoms with van der Waals surface area (Å²) in [6.07, 6.45) is 77.8. The van der Waals surface area contributed by atoms with E-state index in [0.717, 1.165) is 57.8 Å². The number of carbonyl (C=O) groups is 1. The molecule has 0 aliphatic carbocycles. The first-order valence-corrected chi connectivity index (χ1v) is 28.5. The Morgan fingerprint density at radius 2 is 0.688 bits per heavy atom. The number of nitrogens with one attached hydrogen (secondary N) is 1. The molecular formula is C60H111NO3. The molecule has 0 aromatic heterocycles. The number of allylic oxidation sites excluding steroid dienone is 10. The Balaban J connectivity index is 3.43. The Labute approximate surface area is 400 Å². The zero-order chi connectivity index (χ0) is 46.3. The van der Waals surface area contributed by atoms with Gasteiger partial charge in [-0.15, -0.1) is 0 Å². The highest BCUT2D eigenvalue weighted by Crippen LogP contribution is 2.17. The third kappa shape index (κ3) is 51.1. The quantitative estimate of drug-likeness (QED) is 0.0421. The van der Waals surface area contributed by atoms with Crippen LogP contribution in [0.5, 0.6) is 0 Å². The smallest absolute Gasteiger partial charge is 0.220 e. The molecule has 0 aliphatic rings. The van der Waals surface area contributed by atoms with Gasteiger partial charge in [0.05, 0.1) is 18.8 Å². The Kier molecular flexibility index (Phi) is 53.8. The minimum atomic E-state index is -0.659. The van der Waals surface area contributed by atoms with Gasteiger partial charge < -0.3 is 15.5 Å². The van der Waals surface area contributed by atoms with E-state index in [9.17, 15) is 15.0 Å². The molecule has 0 aromatic rings. The van der Waals surface area contributed by atoms with Gasteiger partial charge in [-0.2, -0.15) is 0 Å². The van der Waals surface area contributed by atoms with Crippen LogP contribution in [0, 0.1) is 0 Å². The third-order valence-corrected chi connectivity index (χ3v) is 13.0. The number of unbranched alkanes of at least 4 members (excludes halogenated alkanes) is 35. The summed E-state index contributed by atoms with van der Waals surface area (Å²) >= 11 is 0. The van der Waals surface area contributed by atoms with E-state index >= 15 is 0 Å². The maximum Gasteiger partial charge on any atom is 0.220 e. The Morgan fingerprint density at radius 1 is 0.391 bits per heavy atom. The number of rotatable bonds is 52. The fraction of sp³-hybridized carbons (Fsp3) is 0.817. The summed E-state index contributed by atoms with van der Waals surface area (Å²) in [7, 11) is 0. The minimum Gasteiger partial charge on any atom is -0.394 e. The maximum absolute atomic E-state index is 12.5. The van der Waals surface area contributed by atoms with Crippen LogP contribution in [0.2, 0.25) is 0 Å². The first kappa shape index (κ1) is 62.1. The van der Waals surface area contributed by atoms with Crippen molar-refractivity contribution < 1.29 is 15.0 Å². The molecule has 2 atom stereocenters. The van der Waals surface area contributed by atoms with Gasteiger partial charge in [0.2, 0.25) is 5.91 Å². The molecule has 0 aliphatic heterocycles. The lowest BCUT2D eigenvalue weighted by Gasteiger charge is -2.22. The molecule has 0 saturated carbocycles. The summed E-state index contributed by atoms with van der Waals surface area (Å²) in [6, 6.07) is -0.536. The van der Waals surface area contributed by atoms with Gasteiger partial charge in [0, 0.05) is 6.42 Å². The zero-order valence-corrected chi connectivity index (χ0v) is 43.1. The molecule has 0 fully saturated rings. The SMILES string of the molecule is CC/C=C\C/C=C\C/C=C\C/C=C\C/C=C\CCCCCCCCCCCCCCCCCCCCCC(=O)NC(CO)C(O)CCCCCCCCCCCCCCCCCCC. The molecule has 2 unspecified atom stereocenters. The number of aliphatic hydroxyl groups excluding tert-OH is 2. The molecule has 0 spiro atoms. The highest BCUT2D eigenvalue weighted by molar-refractivity contribution is 5.76. The van der Waals surface area contributed by atoms with E-state index in [-0.39, 0.29) is 12.5 Å². The molecule has 0 heterocycles. The van der Waals surface area contributed by atoms with Gasteiger partial charge in [0.25, 0.3) is 0 Å². The van der Waals surface area contributed by atoms with E-state index < -0.39 is 12.1 Å². The number of aliphatic hydroxyl groups is 2. The van der Waals surface area contributed by atoms with Crippen LogP contribution in [0.3, 0.4) is 0 Å². The normalized spacial score (nSPS) is 13.2. The van der Waals surface area contributed by atoms with E-state index in [1.165, 1.54) is 212 Å². The van der Waals surface area contributed by atoms with E-state index in [1.807, 2.05) is 0 Å². The molecular weight excluding hydrogens is 783 g/mol. The Hall–Kier alpha value is -1.91. The van der Waals surface area contributed by atoms with Crippen LogP contribution >= 0.6 is 0 Å². The largest absolute Gasteiger partial charge is 0.394 e. The van der Waals surface area contributed by atoms with Gasteiger partial charge in [-0.05, 0) is 57.8 Å². The van der Waals surface area contributed by atoms with Crippen molar-refractivity contribution in [2.45, 2.75) is 309 Å². The summed E-state index contributed by atoms with van der Waals surface area (Å²) < 4.78 is 0. The minimum absolute atomic E-state index is 0.0278. The summed E-state index contributed by atoms with van der Waals surface area (Å²) in [5.41, 5.74) is 0. The Bertz CT molecular complexity index is 1060. The topological polar surface area (TPSA) is 69.6 Å². The van der Waals surface area contributed by atoms with Crippen LogP contribution in [0.25, 0.3) is 0 Å². The fourth-order valence-corrected chi connectivity index (χ4v) is 8.74. The van der Waals surface area contributed by atoms with E-state index in [1.54, 1.807) is 0 Å². The summed E-state index contributed by atoms with van der Waals surface area (Å²) in [5.74, 6) is -0.0278. The molecule has 3 N–H and O–H groups in total. The Morgan fingerprint density at radius 3 is 1.03 bits per heavy atom. The predicted octanol–water partition coefficient (Wildman–Crippen LogP) is 18.8. The van der Waals surface area contributed by atoms with Crippen molar-refractivity contribution in [3.8, 4) is 0 Å². The molecule has 0 aromatic carbocycles. The lowest BCUT2D eigenvalue weighted by atomic mass is 10.0. The molecule has 0 radical (unpaired) electrons. The van der Waals surface area contributed by atoms with Crippen LogP contribution in [0.15, 0.2) is 60.8 Å². The third-order valence-electron chi connectivity index (χ3n) is 13.0. The second kappa shape index (κ2) is 55.4. The second-order valence-electron chi connectivity index (χ2n) is 19.3. The van der Waals surface area contributed by atoms with Crippen LogP contribution < -0.4 is 5.32 Å². The first-order chi connectivity index (χ1) is 31.7. The lowest BCUT2D eigenvalue weighted by Crippen LogP contribution is -2.45. The van der Waals surface area contributed by atoms with E-state index in [2.05, 4.69) is 79.9 Å². The van der Waals surface area contributed by atoms with Crippen LogP contribution in [0.1, 0.15) is 296 Å². The van der Waals surface area contributed by atoms with Crippen molar-refractivity contribution in [1.82, 2.24) is 5.32 Å². The highest BCUT2D eigenvalue weighted by atomic mass is 16.3. The molecule has 1 amide bonds. The van der Waals surface area contributed by atoms with E-state index in [0.29, 0.717) is 12.8 Å². The number of hydrogen-bond donors (Lipinski definition) is 3. The first-order valence-electron chi connectivity index (χ1n) is 28.5. The molecule has 0 saturated heterocycles. The number of amides is 1. The van der Waals surface area contributed by atoms with Gasteiger partial charge in [-0.25, -0.2) is 0 Å². The fourth-order valence-electron chi connectivity index (χ4n) is 8.74. The molecule has 4 heteroatoms. The van der Waals surface area contributed by atoms with Gasteiger partial charge >= 0.3 is 0 Å². The monoisotopic (exact) mass is 894 g/mol. The average molecular weight is 895 g/mol. The second-order valence-corrected chi connectivity index (χ2v) is 19.3. The standard InChI is InChI=1S/C60H111NO3/c1-3-5-7-9-11-13-15-17-19-21-22-23-24-25-26-27-28-29-30-31-32-33-34-35-36-37-38-40-42-44-46-48-50-52-54-56-60(64)61-58(57-62)59(63)55-53-51-49-47-45-43-41-39-20-18-16-14-12-10-8-6-4-2/h5,7,11,13,17,19,22-23,25-26,58-59,62-63H,3-4,6,8-10,12,14-16,18,20-21,24,27-57H2,1-2H3,(H,61,64)/b7-5-,13-11-,19-17-,23-22-,26-25-. The molecule has 0 rings (SSSR count). The van der Waals surface area contributed by atoms with Crippen molar-refractivity contribution in [2.75, 3.05) is 6.61 Å². The van der Waals surface area contributed by atoms with Gasteiger partial charge in [0.1, 0.15) is 0 Å². The molecule has 4 nitrogen and oxygen atoms in total. The predicted molar refractivity (Wildman–Crippen MR) is 285 cm³/mol. The molecule has 374 valence electrons. The van der Waals surface area contributed by atoms with Crippen molar-refractivity contribution in [1.29, 1.82) is 0 Å². The highest BCUT2D eigenvalue weighted by Gasteiger charge is 2.20.